The van der Waals surface area contributed by atoms with Gasteiger partial charge in [0.15, 0.2) is 0 Å². The summed E-state index contributed by atoms with van der Waals surface area (Å²) in [6.07, 6.45) is 0. The molecule has 2 nitrogen and oxygen atoms in total. The zero-order chi connectivity index (χ0) is 13.8. The summed E-state index contributed by atoms with van der Waals surface area (Å²) in [4.78, 5) is 0. The zero-order valence-corrected chi connectivity index (χ0v) is 18.4. The molecule has 0 saturated carbocycles. The Balaban J connectivity index is 0.00000147. The Morgan fingerprint density at radius 1 is 1.23 bits per heavy atom. The van der Waals surface area contributed by atoms with Crippen LogP contribution in [0.2, 0.25) is 12.6 Å². The molecule has 0 fully saturated rings. The van der Waals surface area contributed by atoms with Crippen molar-refractivity contribution in [1.82, 2.24) is 0 Å². The standard InChI is InChI=1S/C16H22NOSi.2ClH.Zr/c1-16(2,3)17-12-7-5-6-11-10-13-15(14(11)12)19(13,4)9-8-18;;;/h5-7,10,17-18H,8-9H2,1-4H3;2*1H;/q-1;;;+3/p-2. The first-order chi connectivity index (χ1) is 8.87. The maximum Gasteiger partial charge on any atom is 3.00 e. The molecule has 22 heavy (non-hydrogen) atoms. The molecular weight excluding hydrogens is 412 g/mol. The maximum atomic E-state index is 9.28. The van der Waals surface area contributed by atoms with Gasteiger partial charge in [0.05, 0.1) is 0 Å². The van der Waals surface area contributed by atoms with Crippen molar-refractivity contribution in [2.24, 2.45) is 0 Å². The predicted molar refractivity (Wildman–Crippen MR) is 85.7 cm³/mol. The minimum Gasteiger partial charge on any atom is -1.00 e. The van der Waals surface area contributed by atoms with E-state index in [-0.39, 0.29) is 56.6 Å². The average molecular weight is 435 g/mol. The summed E-state index contributed by atoms with van der Waals surface area (Å²) in [6, 6.07) is 9.82. The number of aliphatic hydroxyl groups excluding tert-OH is 1. The first kappa shape index (κ1) is 22.3. The van der Waals surface area contributed by atoms with Crippen LogP contribution in [0.25, 0.3) is 10.8 Å². The molecule has 0 amide bonds. The second-order valence-electron chi connectivity index (χ2n) is 6.88. The molecule has 2 N–H and O–H groups in total. The van der Waals surface area contributed by atoms with E-state index < -0.39 is 8.07 Å². The summed E-state index contributed by atoms with van der Waals surface area (Å²) in [5.74, 6) is 0. The van der Waals surface area contributed by atoms with Gasteiger partial charge in [-0.2, -0.15) is 10.4 Å². The van der Waals surface area contributed by atoms with E-state index in [0.29, 0.717) is 6.61 Å². The summed E-state index contributed by atoms with van der Waals surface area (Å²) >= 11 is 0. The summed E-state index contributed by atoms with van der Waals surface area (Å²) in [6.45, 7) is 9.27. The average Bonchev–Trinajstić information content (AvgIpc) is 2.70. The van der Waals surface area contributed by atoms with Crippen LogP contribution in [0.4, 0.5) is 5.69 Å². The molecule has 1 aliphatic rings. The van der Waals surface area contributed by atoms with Crippen LogP contribution in [0.5, 0.6) is 0 Å². The topological polar surface area (TPSA) is 32.3 Å². The molecular formula is C16H22Cl2NOSiZr. The Bertz CT molecular complexity index is 653. The Kier molecular flexibility index (Phi) is 7.53. The monoisotopic (exact) mass is 432 g/mol. The van der Waals surface area contributed by atoms with Gasteiger partial charge in [-0.15, -0.1) is 29.0 Å². The summed E-state index contributed by atoms with van der Waals surface area (Å²) < 4.78 is 0. The molecule has 0 saturated heterocycles. The fraction of sp³-hybridized carbons (Fsp3) is 0.438. The molecule has 1 aliphatic heterocycles. The van der Waals surface area contributed by atoms with Crippen LogP contribution in [-0.4, -0.2) is 25.3 Å². The Labute approximate surface area is 165 Å². The van der Waals surface area contributed by atoms with Gasteiger partial charge in [0.1, 0.15) is 0 Å². The minimum absolute atomic E-state index is 0. The Morgan fingerprint density at radius 3 is 2.41 bits per heavy atom. The molecule has 1 atom stereocenters. The number of fused-ring (bicyclic) bond motifs is 3. The van der Waals surface area contributed by atoms with Crippen molar-refractivity contribution >= 4 is 34.9 Å². The van der Waals surface area contributed by atoms with E-state index in [1.165, 1.54) is 16.5 Å². The van der Waals surface area contributed by atoms with Crippen LogP contribution >= 0.6 is 0 Å². The number of rotatable bonds is 3. The first-order valence-corrected chi connectivity index (χ1v) is 9.70. The quantitative estimate of drug-likeness (QED) is 0.385. The number of benzene rings is 1. The molecule has 119 valence electrons. The fourth-order valence-corrected chi connectivity index (χ4v) is 7.19. The smallest absolute Gasteiger partial charge is 1.00 e. The molecule has 1 radical (unpaired) electrons. The van der Waals surface area contributed by atoms with Gasteiger partial charge in [0.25, 0.3) is 0 Å². The Hall–Kier alpha value is 0.270. The Morgan fingerprint density at radius 2 is 1.86 bits per heavy atom. The van der Waals surface area contributed by atoms with Crippen LogP contribution in [0.3, 0.4) is 0 Å². The fourth-order valence-electron chi connectivity index (χ4n) is 3.20. The van der Waals surface area contributed by atoms with Crippen molar-refractivity contribution in [2.45, 2.75) is 38.9 Å². The van der Waals surface area contributed by atoms with Crippen LogP contribution < -0.4 is 40.5 Å². The van der Waals surface area contributed by atoms with Gasteiger partial charge >= 0.3 is 26.2 Å². The zero-order valence-electron chi connectivity index (χ0n) is 13.4. The van der Waals surface area contributed by atoms with Gasteiger partial charge in [-0.1, -0.05) is 12.6 Å². The molecule has 0 bridgehead atoms. The van der Waals surface area contributed by atoms with Gasteiger partial charge in [-0.25, -0.2) is 0 Å². The summed E-state index contributed by atoms with van der Waals surface area (Å²) in [5.41, 5.74) is 1.32. The normalized spacial score (nSPS) is 18.6. The van der Waals surface area contributed by atoms with Crippen molar-refractivity contribution < 1.29 is 56.1 Å². The first-order valence-electron chi connectivity index (χ1n) is 6.99. The van der Waals surface area contributed by atoms with Gasteiger partial charge in [-0.3, -0.25) is 0 Å². The largest absolute Gasteiger partial charge is 3.00 e. The molecule has 0 aliphatic carbocycles. The molecule has 2 aromatic carbocycles. The van der Waals surface area contributed by atoms with Crippen LogP contribution in [0.1, 0.15) is 20.8 Å². The summed E-state index contributed by atoms with van der Waals surface area (Å²) in [7, 11) is -1.42. The number of hydrogen-bond acceptors (Lipinski definition) is 2. The molecule has 0 aromatic heterocycles. The van der Waals surface area contributed by atoms with Crippen molar-refractivity contribution in [2.75, 3.05) is 11.9 Å². The second kappa shape index (κ2) is 7.44. The van der Waals surface area contributed by atoms with Crippen LogP contribution in [0.15, 0.2) is 24.3 Å². The summed E-state index contributed by atoms with van der Waals surface area (Å²) in [5, 5.41) is 18.8. The van der Waals surface area contributed by atoms with Crippen LogP contribution in [-0.2, 0) is 26.2 Å². The molecule has 3 rings (SSSR count). The number of nitrogens with one attached hydrogen (secondary N) is 1. The van der Waals surface area contributed by atoms with E-state index >= 15 is 0 Å². The third-order valence-corrected chi connectivity index (χ3v) is 8.30. The van der Waals surface area contributed by atoms with E-state index in [0.717, 1.165) is 6.04 Å². The molecule has 6 heteroatoms. The van der Waals surface area contributed by atoms with E-state index in [1.54, 1.807) is 10.4 Å². The van der Waals surface area contributed by atoms with E-state index in [4.69, 9.17) is 0 Å². The van der Waals surface area contributed by atoms with Gasteiger partial charge < -0.3 is 35.2 Å². The third-order valence-electron chi connectivity index (χ3n) is 4.12. The van der Waals surface area contributed by atoms with Gasteiger partial charge in [-0.05, 0) is 32.5 Å². The van der Waals surface area contributed by atoms with Gasteiger partial charge in [0, 0.05) is 20.2 Å². The van der Waals surface area contributed by atoms with Crippen LogP contribution in [0, 0.1) is 0 Å². The predicted octanol–water partition coefficient (Wildman–Crippen LogP) is -3.73. The van der Waals surface area contributed by atoms with Crippen molar-refractivity contribution in [3.63, 3.8) is 0 Å². The second-order valence-corrected chi connectivity index (χ2v) is 11.1. The molecule has 1 unspecified atom stereocenters. The molecule has 2 aromatic rings. The molecule has 0 spiro atoms. The third kappa shape index (κ3) is 3.67. The van der Waals surface area contributed by atoms with Gasteiger partial charge in [0.2, 0.25) is 0 Å². The minimum atomic E-state index is -1.42. The van der Waals surface area contributed by atoms with Crippen molar-refractivity contribution in [3.05, 3.63) is 24.3 Å². The van der Waals surface area contributed by atoms with Crippen molar-refractivity contribution in [3.8, 4) is 0 Å². The number of halogens is 2. The number of anilines is 1. The molecule has 1 heterocycles. The number of aliphatic hydroxyl groups is 1. The van der Waals surface area contributed by atoms with Crippen molar-refractivity contribution in [1.29, 1.82) is 0 Å². The number of hydrogen-bond donors (Lipinski definition) is 2. The maximum absolute atomic E-state index is 9.28. The van der Waals surface area contributed by atoms with E-state index in [9.17, 15) is 5.11 Å². The van der Waals surface area contributed by atoms with E-state index in [2.05, 4.69) is 56.9 Å². The SMILES string of the molecule is CC(C)(C)Nc1cccc2[cH-]c3c(c12)[Si]3(C)CCO.[Cl-].[Cl-].[Zr+3]. The van der Waals surface area contributed by atoms with E-state index in [1.807, 2.05) is 0 Å².